The molecule has 0 bridgehead atoms. The summed E-state index contributed by atoms with van der Waals surface area (Å²) in [5.74, 6) is 0.701. The lowest BCUT2D eigenvalue weighted by molar-refractivity contribution is 0.453. The van der Waals surface area contributed by atoms with E-state index in [0.29, 0.717) is 10.7 Å². The minimum Gasteiger partial charge on any atom is -0.0836 e. The number of hydrogen-bond donors (Lipinski definition) is 0. The number of alkyl halides is 1. The summed E-state index contributed by atoms with van der Waals surface area (Å²) in [4.78, 5) is 0.468. The van der Waals surface area contributed by atoms with Gasteiger partial charge < -0.3 is 0 Å². The largest absolute Gasteiger partial charge is 0.0836 e. The maximum absolute atomic E-state index is 3.96. The number of rotatable bonds is 2. The molecule has 0 fully saturated rings. The predicted molar refractivity (Wildman–Crippen MR) is 89.5 cm³/mol. The third kappa shape index (κ3) is 2.69. The van der Waals surface area contributed by atoms with Gasteiger partial charge in [0.2, 0.25) is 0 Å². The lowest BCUT2D eigenvalue weighted by Gasteiger charge is -2.29. The predicted octanol–water partition coefficient (Wildman–Crippen LogP) is 5.54. The lowest BCUT2D eigenvalue weighted by atomic mass is 9.80. The Kier molecular flexibility index (Phi) is 3.98. The number of halogens is 1. The third-order valence-corrected chi connectivity index (χ3v) is 5.92. The Bertz CT molecular complexity index is 615. The smallest absolute Gasteiger partial charge is 0.0426 e. The molecular weight excluding hydrogens is 308 g/mol. The molecule has 2 unspecified atom stereocenters. The molecule has 0 saturated carbocycles. The Labute approximate surface area is 130 Å². The average Bonchev–Trinajstić information content (AvgIpc) is 2.49. The molecular formula is C19H21Br. The topological polar surface area (TPSA) is 0 Å². The van der Waals surface area contributed by atoms with Crippen molar-refractivity contribution in [2.45, 2.75) is 37.9 Å². The normalized spacial score (nSPS) is 19.4. The van der Waals surface area contributed by atoms with Crippen molar-refractivity contribution < 1.29 is 0 Å². The van der Waals surface area contributed by atoms with Crippen molar-refractivity contribution in [3.63, 3.8) is 0 Å². The Hall–Kier alpha value is -1.08. The van der Waals surface area contributed by atoms with E-state index in [9.17, 15) is 0 Å². The molecule has 0 heterocycles. The van der Waals surface area contributed by atoms with E-state index in [1.54, 1.807) is 5.56 Å². The van der Waals surface area contributed by atoms with Crippen LogP contribution in [0.1, 0.15) is 39.1 Å². The van der Waals surface area contributed by atoms with Gasteiger partial charge in [-0.2, -0.15) is 0 Å². The van der Waals surface area contributed by atoms with Crippen LogP contribution >= 0.6 is 15.9 Å². The standard InChI is InChI=1S/C19H21Br/c1-13-7-8-17(11-14(13)2)19(20)18-10-9-15-5-3-4-6-16(15)12-18/h3-8,11,18-19H,9-10,12H2,1-2H3. The molecule has 2 atom stereocenters. The highest BCUT2D eigenvalue weighted by molar-refractivity contribution is 9.09. The molecule has 1 aliphatic carbocycles. The Morgan fingerprint density at radius 1 is 1.00 bits per heavy atom. The lowest BCUT2D eigenvalue weighted by Crippen LogP contribution is -2.18. The first kappa shape index (κ1) is 13.9. The molecule has 0 saturated heterocycles. The molecule has 1 heteroatoms. The molecule has 0 radical (unpaired) electrons. The maximum atomic E-state index is 3.96. The van der Waals surface area contributed by atoms with Crippen LogP contribution in [0.15, 0.2) is 42.5 Å². The van der Waals surface area contributed by atoms with Crippen molar-refractivity contribution in [1.82, 2.24) is 0 Å². The van der Waals surface area contributed by atoms with E-state index in [0.717, 1.165) is 0 Å². The zero-order chi connectivity index (χ0) is 14.1. The van der Waals surface area contributed by atoms with Gasteiger partial charge in [0.1, 0.15) is 0 Å². The van der Waals surface area contributed by atoms with Crippen LogP contribution in [0.4, 0.5) is 0 Å². The highest BCUT2D eigenvalue weighted by Gasteiger charge is 2.25. The van der Waals surface area contributed by atoms with Crippen LogP contribution in [0.2, 0.25) is 0 Å². The molecule has 2 aromatic carbocycles. The number of fused-ring (bicyclic) bond motifs is 1. The molecule has 20 heavy (non-hydrogen) atoms. The highest BCUT2D eigenvalue weighted by Crippen LogP contribution is 2.39. The molecule has 0 spiro atoms. The van der Waals surface area contributed by atoms with E-state index in [4.69, 9.17) is 0 Å². The van der Waals surface area contributed by atoms with E-state index in [1.165, 1.54) is 41.5 Å². The highest BCUT2D eigenvalue weighted by atomic mass is 79.9. The summed E-state index contributed by atoms with van der Waals surface area (Å²) in [7, 11) is 0. The molecule has 0 nitrogen and oxygen atoms in total. The van der Waals surface area contributed by atoms with Crippen LogP contribution < -0.4 is 0 Å². The minimum atomic E-state index is 0.468. The van der Waals surface area contributed by atoms with Crippen molar-refractivity contribution >= 4 is 15.9 Å². The Balaban J connectivity index is 1.82. The molecule has 1 aliphatic rings. The Morgan fingerprint density at radius 2 is 1.75 bits per heavy atom. The zero-order valence-corrected chi connectivity index (χ0v) is 13.8. The van der Waals surface area contributed by atoms with Gasteiger partial charge in [-0.05, 0) is 66.8 Å². The minimum absolute atomic E-state index is 0.468. The summed E-state index contributed by atoms with van der Waals surface area (Å²) in [6, 6.07) is 15.8. The number of hydrogen-bond acceptors (Lipinski definition) is 0. The quantitative estimate of drug-likeness (QED) is 0.634. The van der Waals surface area contributed by atoms with Crippen LogP contribution in [0.25, 0.3) is 0 Å². The fourth-order valence-electron chi connectivity index (χ4n) is 3.18. The molecule has 104 valence electrons. The van der Waals surface area contributed by atoms with Gasteiger partial charge in [-0.15, -0.1) is 0 Å². The summed E-state index contributed by atoms with van der Waals surface area (Å²) in [5, 5.41) is 0. The number of benzene rings is 2. The second kappa shape index (κ2) is 5.73. The molecule has 0 aromatic heterocycles. The summed E-state index contributed by atoms with van der Waals surface area (Å²) in [6.45, 7) is 4.38. The molecule has 0 aliphatic heterocycles. The average molecular weight is 329 g/mol. The molecule has 2 aromatic rings. The van der Waals surface area contributed by atoms with Gasteiger partial charge in [-0.1, -0.05) is 58.4 Å². The van der Waals surface area contributed by atoms with E-state index >= 15 is 0 Å². The summed E-state index contributed by atoms with van der Waals surface area (Å²) in [6.07, 6.45) is 3.69. The second-order valence-electron chi connectivity index (χ2n) is 6.02. The first-order valence-electron chi connectivity index (χ1n) is 7.43. The fraction of sp³-hybridized carbons (Fsp3) is 0.368. The molecule has 0 amide bonds. The fourth-order valence-corrected chi connectivity index (χ4v) is 3.92. The van der Waals surface area contributed by atoms with Gasteiger partial charge in [-0.3, -0.25) is 0 Å². The first-order valence-corrected chi connectivity index (χ1v) is 8.34. The van der Waals surface area contributed by atoms with Crippen molar-refractivity contribution in [2.75, 3.05) is 0 Å². The van der Waals surface area contributed by atoms with Gasteiger partial charge in [0, 0.05) is 4.83 Å². The summed E-state index contributed by atoms with van der Waals surface area (Å²) < 4.78 is 0. The van der Waals surface area contributed by atoms with Gasteiger partial charge in [0.15, 0.2) is 0 Å². The van der Waals surface area contributed by atoms with Gasteiger partial charge in [0.05, 0.1) is 0 Å². The van der Waals surface area contributed by atoms with E-state index in [1.807, 2.05) is 0 Å². The van der Waals surface area contributed by atoms with Crippen molar-refractivity contribution in [3.05, 3.63) is 70.3 Å². The third-order valence-electron chi connectivity index (χ3n) is 4.65. The van der Waals surface area contributed by atoms with Crippen molar-refractivity contribution in [3.8, 4) is 0 Å². The van der Waals surface area contributed by atoms with Crippen LogP contribution in [-0.4, -0.2) is 0 Å². The van der Waals surface area contributed by atoms with Crippen LogP contribution in [0.5, 0.6) is 0 Å². The summed E-state index contributed by atoms with van der Waals surface area (Å²) in [5.41, 5.74) is 7.28. The van der Waals surface area contributed by atoms with E-state index in [-0.39, 0.29) is 0 Å². The molecule has 0 N–H and O–H groups in total. The van der Waals surface area contributed by atoms with Gasteiger partial charge in [0.25, 0.3) is 0 Å². The van der Waals surface area contributed by atoms with Gasteiger partial charge in [-0.25, -0.2) is 0 Å². The van der Waals surface area contributed by atoms with Crippen LogP contribution in [0.3, 0.4) is 0 Å². The number of aryl methyl sites for hydroxylation is 3. The zero-order valence-electron chi connectivity index (χ0n) is 12.2. The van der Waals surface area contributed by atoms with E-state index < -0.39 is 0 Å². The Morgan fingerprint density at radius 3 is 2.50 bits per heavy atom. The van der Waals surface area contributed by atoms with Crippen molar-refractivity contribution in [2.24, 2.45) is 5.92 Å². The monoisotopic (exact) mass is 328 g/mol. The molecule has 3 rings (SSSR count). The summed E-state index contributed by atoms with van der Waals surface area (Å²) >= 11 is 3.96. The van der Waals surface area contributed by atoms with E-state index in [2.05, 4.69) is 72.2 Å². The van der Waals surface area contributed by atoms with Crippen molar-refractivity contribution in [1.29, 1.82) is 0 Å². The SMILES string of the molecule is Cc1ccc(C(Br)C2CCc3ccccc3C2)cc1C. The first-order chi connectivity index (χ1) is 9.65. The van der Waals surface area contributed by atoms with Crippen LogP contribution in [-0.2, 0) is 12.8 Å². The maximum Gasteiger partial charge on any atom is 0.0426 e. The van der Waals surface area contributed by atoms with Gasteiger partial charge >= 0.3 is 0 Å². The second-order valence-corrected chi connectivity index (χ2v) is 7.00. The van der Waals surface area contributed by atoms with Crippen LogP contribution in [0, 0.1) is 19.8 Å².